The van der Waals surface area contributed by atoms with Crippen LogP contribution in [0.25, 0.3) is 0 Å². The number of hydrogen-bond donors (Lipinski definition) is 0. The maximum absolute atomic E-state index is 10.9. The molecule has 0 aliphatic rings. The Balaban J connectivity index is 4.23. The molecule has 0 aromatic carbocycles. The maximum Gasteiger partial charge on any atom is 0.330 e. The average molecular weight is 225 g/mol. The van der Waals surface area contributed by atoms with E-state index in [0.29, 0.717) is 0 Å². The first-order chi connectivity index (χ1) is 7.63. The van der Waals surface area contributed by atoms with Gasteiger partial charge < -0.3 is 9.47 Å². The lowest BCUT2D eigenvalue weighted by atomic mass is 10.4. The second-order valence-corrected chi connectivity index (χ2v) is 2.53. The first-order valence-corrected chi connectivity index (χ1v) is 4.30. The van der Waals surface area contributed by atoms with Crippen LogP contribution in [0.1, 0.15) is 0 Å². The van der Waals surface area contributed by atoms with Crippen LogP contribution in [0.15, 0.2) is 30.3 Å². The molecule has 1 unspecified atom stereocenters. The summed E-state index contributed by atoms with van der Waals surface area (Å²) in [5.74, 6) is -1.35. The van der Waals surface area contributed by atoms with Crippen LogP contribution in [-0.4, -0.2) is 37.3 Å². The number of ether oxygens (including phenoxy) is 2. The van der Waals surface area contributed by atoms with E-state index < -0.39 is 18.0 Å². The van der Waals surface area contributed by atoms with Gasteiger partial charge in [0.05, 0.1) is 6.54 Å². The van der Waals surface area contributed by atoms with Gasteiger partial charge in [-0.1, -0.05) is 13.2 Å². The molecule has 0 aromatic heterocycles. The van der Waals surface area contributed by atoms with Crippen LogP contribution in [0.3, 0.4) is 0 Å². The highest BCUT2D eigenvalue weighted by atomic mass is 16.6. The smallest absolute Gasteiger partial charge is 0.330 e. The SMILES string of the molecule is C=CC(=O)OCC(CN=C=O)OC(=O)C=C. The quantitative estimate of drug-likeness (QED) is 0.266. The van der Waals surface area contributed by atoms with Crippen LogP contribution in [0, 0.1) is 0 Å². The minimum Gasteiger partial charge on any atom is -0.459 e. The Labute approximate surface area is 92.3 Å². The van der Waals surface area contributed by atoms with Crippen LogP contribution in [0.5, 0.6) is 0 Å². The zero-order chi connectivity index (χ0) is 12.4. The largest absolute Gasteiger partial charge is 0.459 e. The summed E-state index contributed by atoms with van der Waals surface area (Å²) >= 11 is 0. The summed E-state index contributed by atoms with van der Waals surface area (Å²) in [6, 6.07) is 0. The molecular weight excluding hydrogens is 214 g/mol. The van der Waals surface area contributed by atoms with Gasteiger partial charge in [-0.3, -0.25) is 0 Å². The lowest BCUT2D eigenvalue weighted by Gasteiger charge is -2.13. The number of esters is 2. The third-order valence-corrected chi connectivity index (χ3v) is 1.39. The van der Waals surface area contributed by atoms with Gasteiger partial charge in [0.15, 0.2) is 6.10 Å². The fourth-order valence-electron chi connectivity index (χ4n) is 0.709. The Kier molecular flexibility index (Phi) is 7.02. The van der Waals surface area contributed by atoms with Gasteiger partial charge in [0.2, 0.25) is 6.08 Å². The number of isocyanates is 1. The fourth-order valence-corrected chi connectivity index (χ4v) is 0.709. The standard InChI is InChI=1S/C10H11NO5/c1-3-9(13)15-6-8(5-11-7-12)16-10(14)4-2/h3-4,8H,1-2,5-6H2. The number of aliphatic imine (C=N–C) groups is 1. The van der Waals surface area contributed by atoms with Crippen LogP contribution in [0.4, 0.5) is 0 Å². The summed E-state index contributed by atoms with van der Waals surface area (Å²) in [4.78, 5) is 34.7. The van der Waals surface area contributed by atoms with Crippen LogP contribution in [-0.2, 0) is 23.9 Å². The molecule has 0 radical (unpaired) electrons. The van der Waals surface area contributed by atoms with Crippen LogP contribution in [0.2, 0.25) is 0 Å². The van der Waals surface area contributed by atoms with Gasteiger partial charge in [-0.25, -0.2) is 19.4 Å². The zero-order valence-corrected chi connectivity index (χ0v) is 8.55. The van der Waals surface area contributed by atoms with Gasteiger partial charge in [0.25, 0.3) is 0 Å². The predicted molar refractivity (Wildman–Crippen MR) is 54.2 cm³/mol. The molecule has 6 nitrogen and oxygen atoms in total. The van der Waals surface area contributed by atoms with Crippen molar-refractivity contribution in [2.75, 3.05) is 13.2 Å². The van der Waals surface area contributed by atoms with Crippen molar-refractivity contribution in [3.63, 3.8) is 0 Å². The summed E-state index contributed by atoms with van der Waals surface area (Å²) in [5.41, 5.74) is 0. The molecular formula is C10H11NO5. The van der Waals surface area contributed by atoms with Gasteiger partial charge in [0.1, 0.15) is 6.61 Å². The maximum atomic E-state index is 10.9. The fraction of sp³-hybridized carbons (Fsp3) is 0.300. The zero-order valence-electron chi connectivity index (χ0n) is 8.55. The van der Waals surface area contributed by atoms with E-state index in [4.69, 9.17) is 4.74 Å². The van der Waals surface area contributed by atoms with Crippen molar-refractivity contribution < 1.29 is 23.9 Å². The molecule has 0 aromatic rings. The predicted octanol–water partition coefficient (Wildman–Crippen LogP) is 0.149. The van der Waals surface area contributed by atoms with E-state index in [1.807, 2.05) is 0 Å². The summed E-state index contributed by atoms with van der Waals surface area (Å²) in [6.45, 7) is 6.05. The number of nitrogens with zero attached hydrogens (tertiary/aromatic N) is 1. The molecule has 1 atom stereocenters. The molecule has 0 amide bonds. The lowest BCUT2D eigenvalue weighted by molar-refractivity contribution is -0.152. The van der Waals surface area contributed by atoms with Crippen molar-refractivity contribution in [3.05, 3.63) is 25.3 Å². The number of carbonyl (C=O) groups is 2. The molecule has 16 heavy (non-hydrogen) atoms. The molecule has 0 aliphatic carbocycles. The van der Waals surface area contributed by atoms with Gasteiger partial charge in [-0.2, -0.15) is 0 Å². The highest BCUT2D eigenvalue weighted by molar-refractivity contribution is 5.82. The average Bonchev–Trinajstić information content (AvgIpc) is 2.31. The molecule has 0 rings (SSSR count). The minimum absolute atomic E-state index is 0.131. The first kappa shape index (κ1) is 13.8. The van der Waals surface area contributed by atoms with E-state index in [9.17, 15) is 14.4 Å². The molecule has 0 fully saturated rings. The molecule has 0 bridgehead atoms. The van der Waals surface area contributed by atoms with E-state index in [0.717, 1.165) is 12.2 Å². The van der Waals surface area contributed by atoms with Crippen molar-refractivity contribution in [2.24, 2.45) is 4.99 Å². The van der Waals surface area contributed by atoms with Crippen LogP contribution >= 0.6 is 0 Å². The van der Waals surface area contributed by atoms with Gasteiger partial charge in [-0.05, 0) is 0 Å². The van der Waals surface area contributed by atoms with E-state index >= 15 is 0 Å². The van der Waals surface area contributed by atoms with Crippen LogP contribution < -0.4 is 0 Å². The van der Waals surface area contributed by atoms with E-state index in [-0.39, 0.29) is 13.2 Å². The van der Waals surface area contributed by atoms with Gasteiger partial charge in [0, 0.05) is 12.2 Å². The highest BCUT2D eigenvalue weighted by Crippen LogP contribution is 1.97. The molecule has 0 saturated carbocycles. The Hall–Kier alpha value is -2.20. The van der Waals surface area contributed by atoms with Crippen molar-refractivity contribution in [3.8, 4) is 0 Å². The molecule has 0 spiro atoms. The number of hydrogen-bond acceptors (Lipinski definition) is 6. The number of carbonyl (C=O) groups excluding carboxylic acids is 3. The monoisotopic (exact) mass is 225 g/mol. The third-order valence-electron chi connectivity index (χ3n) is 1.39. The Morgan fingerprint density at radius 3 is 2.44 bits per heavy atom. The van der Waals surface area contributed by atoms with Crippen molar-refractivity contribution in [1.29, 1.82) is 0 Å². The molecule has 0 aliphatic heterocycles. The second kappa shape index (κ2) is 8.14. The summed E-state index contributed by atoms with van der Waals surface area (Å²) in [5, 5.41) is 0. The first-order valence-electron chi connectivity index (χ1n) is 4.30. The molecule has 86 valence electrons. The van der Waals surface area contributed by atoms with E-state index in [1.165, 1.54) is 6.08 Å². The van der Waals surface area contributed by atoms with Crippen molar-refractivity contribution in [2.45, 2.75) is 6.10 Å². The van der Waals surface area contributed by atoms with Gasteiger partial charge >= 0.3 is 11.9 Å². The topological polar surface area (TPSA) is 82.0 Å². The van der Waals surface area contributed by atoms with E-state index in [1.54, 1.807) is 0 Å². The Bertz CT molecular complexity index is 330. The molecule has 6 heteroatoms. The summed E-state index contributed by atoms with van der Waals surface area (Å²) in [6.07, 6.45) is 2.37. The number of rotatable bonds is 7. The third kappa shape index (κ3) is 6.28. The Morgan fingerprint density at radius 1 is 1.31 bits per heavy atom. The normalized spacial score (nSPS) is 10.5. The van der Waals surface area contributed by atoms with Gasteiger partial charge in [-0.15, -0.1) is 0 Å². The molecule has 0 saturated heterocycles. The minimum atomic E-state index is -0.837. The summed E-state index contributed by atoms with van der Waals surface area (Å²) in [7, 11) is 0. The second-order valence-electron chi connectivity index (χ2n) is 2.53. The Morgan fingerprint density at radius 2 is 1.94 bits per heavy atom. The highest BCUT2D eigenvalue weighted by Gasteiger charge is 2.14. The van der Waals surface area contributed by atoms with Crippen molar-refractivity contribution >= 4 is 18.0 Å². The summed E-state index contributed by atoms with van der Waals surface area (Å²) < 4.78 is 9.39. The molecule has 0 N–H and O–H groups in total. The molecule has 0 heterocycles. The van der Waals surface area contributed by atoms with E-state index in [2.05, 4.69) is 22.9 Å². The lowest BCUT2D eigenvalue weighted by Crippen LogP contribution is -2.26. The van der Waals surface area contributed by atoms with Crippen molar-refractivity contribution in [1.82, 2.24) is 0 Å².